The third-order valence-electron chi connectivity index (χ3n) is 2.91. The Bertz CT molecular complexity index is 555. The quantitative estimate of drug-likeness (QED) is 0.924. The smallest absolute Gasteiger partial charge is 0.123 e. The Kier molecular flexibility index (Phi) is 4.40. The summed E-state index contributed by atoms with van der Waals surface area (Å²) in [5.74, 6) is 0.349. The highest BCUT2D eigenvalue weighted by atomic mass is 35.5. The maximum Gasteiger partial charge on any atom is 0.123 e. The van der Waals surface area contributed by atoms with Crippen LogP contribution in [0.15, 0.2) is 42.5 Å². The lowest BCUT2D eigenvalue weighted by Crippen LogP contribution is -2.03. The molecule has 0 saturated heterocycles. The molecule has 0 fully saturated rings. The summed E-state index contributed by atoms with van der Waals surface area (Å²) in [5, 5.41) is 10.7. The molecule has 0 aliphatic carbocycles. The number of hydrogen-bond acceptors (Lipinski definition) is 2. The van der Waals surface area contributed by atoms with E-state index in [0.29, 0.717) is 22.8 Å². The van der Waals surface area contributed by atoms with Crippen molar-refractivity contribution in [2.45, 2.75) is 12.5 Å². The van der Waals surface area contributed by atoms with Crippen molar-refractivity contribution in [1.82, 2.24) is 0 Å². The highest BCUT2D eigenvalue weighted by Crippen LogP contribution is 2.27. The Balaban J connectivity index is 2.20. The summed E-state index contributed by atoms with van der Waals surface area (Å²) in [5.41, 5.74) is 1.47. The van der Waals surface area contributed by atoms with E-state index >= 15 is 0 Å². The van der Waals surface area contributed by atoms with Gasteiger partial charge in [0, 0.05) is 11.4 Å². The second-order valence-electron chi connectivity index (χ2n) is 4.23. The van der Waals surface area contributed by atoms with Crippen molar-refractivity contribution in [3.05, 3.63) is 64.4 Å². The Labute approximate surface area is 116 Å². The number of rotatable bonds is 4. The van der Waals surface area contributed by atoms with Crippen LogP contribution in [0.2, 0.25) is 5.02 Å². The fourth-order valence-electron chi connectivity index (χ4n) is 1.92. The van der Waals surface area contributed by atoms with Crippen LogP contribution >= 0.6 is 11.6 Å². The third kappa shape index (κ3) is 3.46. The third-order valence-corrected chi connectivity index (χ3v) is 3.15. The Hall–Kier alpha value is -1.58. The van der Waals surface area contributed by atoms with Gasteiger partial charge >= 0.3 is 0 Å². The van der Waals surface area contributed by atoms with E-state index in [1.54, 1.807) is 37.4 Å². The summed E-state index contributed by atoms with van der Waals surface area (Å²) in [6, 6.07) is 11.0. The van der Waals surface area contributed by atoms with E-state index in [0.717, 1.165) is 5.56 Å². The molecule has 4 heteroatoms. The van der Waals surface area contributed by atoms with Crippen molar-refractivity contribution in [3.8, 4) is 5.75 Å². The number of benzene rings is 2. The van der Waals surface area contributed by atoms with Gasteiger partial charge in [-0.1, -0.05) is 23.7 Å². The van der Waals surface area contributed by atoms with E-state index in [-0.39, 0.29) is 5.82 Å². The van der Waals surface area contributed by atoms with Crippen molar-refractivity contribution in [3.63, 3.8) is 0 Å². The first-order chi connectivity index (χ1) is 9.10. The number of methoxy groups -OCH3 is 1. The van der Waals surface area contributed by atoms with Gasteiger partial charge in [0.15, 0.2) is 0 Å². The standard InChI is InChI=1S/C15H14ClFO2/c1-19-15-7-4-12(16)8-11(15)9-14(18)10-2-5-13(17)6-3-10/h2-8,14,18H,9H2,1H3. The van der Waals surface area contributed by atoms with Crippen molar-refractivity contribution >= 4 is 11.6 Å². The zero-order chi connectivity index (χ0) is 13.8. The van der Waals surface area contributed by atoms with Crippen LogP contribution in [0.3, 0.4) is 0 Å². The van der Waals surface area contributed by atoms with Gasteiger partial charge in [0.05, 0.1) is 13.2 Å². The van der Waals surface area contributed by atoms with E-state index in [2.05, 4.69) is 0 Å². The molecule has 19 heavy (non-hydrogen) atoms. The predicted octanol–water partition coefficient (Wildman–Crippen LogP) is 3.76. The lowest BCUT2D eigenvalue weighted by atomic mass is 10.0. The van der Waals surface area contributed by atoms with Crippen LogP contribution in [0.5, 0.6) is 5.75 Å². The van der Waals surface area contributed by atoms with Crippen molar-refractivity contribution in [2.75, 3.05) is 7.11 Å². The van der Waals surface area contributed by atoms with Crippen LogP contribution in [0.1, 0.15) is 17.2 Å². The van der Waals surface area contributed by atoms with Gasteiger partial charge in [-0.05, 0) is 41.5 Å². The topological polar surface area (TPSA) is 29.5 Å². The second-order valence-corrected chi connectivity index (χ2v) is 4.66. The SMILES string of the molecule is COc1ccc(Cl)cc1CC(O)c1ccc(F)cc1. The molecule has 0 spiro atoms. The molecule has 2 nitrogen and oxygen atoms in total. The highest BCUT2D eigenvalue weighted by molar-refractivity contribution is 6.30. The summed E-state index contributed by atoms with van der Waals surface area (Å²) >= 11 is 5.94. The van der Waals surface area contributed by atoms with Crippen LogP contribution in [-0.2, 0) is 6.42 Å². The van der Waals surface area contributed by atoms with E-state index in [1.807, 2.05) is 0 Å². The number of aliphatic hydroxyl groups is 1. The molecule has 1 N–H and O–H groups in total. The normalized spacial score (nSPS) is 12.2. The van der Waals surface area contributed by atoms with Crippen molar-refractivity contribution in [2.24, 2.45) is 0 Å². The number of halogens is 2. The number of aliphatic hydroxyl groups excluding tert-OH is 1. The molecule has 0 aliphatic heterocycles. The van der Waals surface area contributed by atoms with Crippen LogP contribution in [0.25, 0.3) is 0 Å². The maximum absolute atomic E-state index is 12.8. The maximum atomic E-state index is 12.8. The van der Waals surface area contributed by atoms with Gasteiger partial charge in [0.1, 0.15) is 11.6 Å². The van der Waals surface area contributed by atoms with Crippen LogP contribution < -0.4 is 4.74 Å². The lowest BCUT2D eigenvalue weighted by molar-refractivity contribution is 0.177. The summed E-state index contributed by atoms with van der Waals surface area (Å²) < 4.78 is 18.1. The molecule has 1 atom stereocenters. The summed E-state index contributed by atoms with van der Waals surface area (Å²) in [6.45, 7) is 0. The monoisotopic (exact) mass is 280 g/mol. The molecule has 1 unspecified atom stereocenters. The molecule has 2 aromatic carbocycles. The summed E-state index contributed by atoms with van der Waals surface area (Å²) in [4.78, 5) is 0. The van der Waals surface area contributed by atoms with E-state index < -0.39 is 6.10 Å². The first kappa shape index (κ1) is 13.8. The minimum absolute atomic E-state index is 0.323. The predicted molar refractivity (Wildman–Crippen MR) is 73.1 cm³/mol. The molecule has 2 aromatic rings. The van der Waals surface area contributed by atoms with Gasteiger partial charge in [0.2, 0.25) is 0 Å². The van der Waals surface area contributed by atoms with Crippen molar-refractivity contribution in [1.29, 1.82) is 0 Å². The second kappa shape index (κ2) is 6.04. The van der Waals surface area contributed by atoms with Crippen LogP contribution in [-0.4, -0.2) is 12.2 Å². The fraction of sp³-hybridized carbons (Fsp3) is 0.200. The molecular weight excluding hydrogens is 267 g/mol. The van der Waals surface area contributed by atoms with Crippen molar-refractivity contribution < 1.29 is 14.2 Å². The Morgan fingerprint density at radius 1 is 1.21 bits per heavy atom. The van der Waals surface area contributed by atoms with E-state index in [9.17, 15) is 9.50 Å². The highest BCUT2D eigenvalue weighted by Gasteiger charge is 2.12. The molecule has 0 radical (unpaired) electrons. The number of ether oxygens (including phenoxy) is 1. The Morgan fingerprint density at radius 2 is 1.89 bits per heavy atom. The number of hydrogen-bond donors (Lipinski definition) is 1. The minimum atomic E-state index is -0.729. The molecule has 0 aromatic heterocycles. The molecule has 0 saturated carbocycles. The zero-order valence-electron chi connectivity index (χ0n) is 10.4. The average Bonchev–Trinajstić information content (AvgIpc) is 2.39. The Morgan fingerprint density at radius 3 is 2.53 bits per heavy atom. The molecule has 2 rings (SSSR count). The first-order valence-corrected chi connectivity index (χ1v) is 6.24. The summed E-state index contributed by atoms with van der Waals surface area (Å²) in [7, 11) is 1.57. The van der Waals surface area contributed by atoms with Gasteiger partial charge in [-0.3, -0.25) is 0 Å². The van der Waals surface area contributed by atoms with Gasteiger partial charge < -0.3 is 9.84 Å². The average molecular weight is 281 g/mol. The first-order valence-electron chi connectivity index (χ1n) is 5.86. The van der Waals surface area contributed by atoms with Crippen LogP contribution in [0, 0.1) is 5.82 Å². The van der Waals surface area contributed by atoms with Gasteiger partial charge in [-0.2, -0.15) is 0 Å². The zero-order valence-corrected chi connectivity index (χ0v) is 11.2. The van der Waals surface area contributed by atoms with E-state index in [1.165, 1.54) is 12.1 Å². The molecule has 0 amide bonds. The van der Waals surface area contributed by atoms with Crippen LogP contribution in [0.4, 0.5) is 4.39 Å². The minimum Gasteiger partial charge on any atom is -0.496 e. The summed E-state index contributed by atoms with van der Waals surface area (Å²) in [6.07, 6.45) is -0.372. The molecule has 0 aliphatic rings. The van der Waals surface area contributed by atoms with Gasteiger partial charge in [-0.15, -0.1) is 0 Å². The molecule has 100 valence electrons. The fourth-order valence-corrected chi connectivity index (χ4v) is 2.11. The molecule has 0 bridgehead atoms. The molecular formula is C15H14ClFO2. The van der Waals surface area contributed by atoms with E-state index in [4.69, 9.17) is 16.3 Å². The van der Waals surface area contributed by atoms with Gasteiger partial charge in [0.25, 0.3) is 0 Å². The van der Waals surface area contributed by atoms with Gasteiger partial charge in [-0.25, -0.2) is 4.39 Å². The lowest BCUT2D eigenvalue weighted by Gasteiger charge is -2.14. The molecule has 0 heterocycles. The largest absolute Gasteiger partial charge is 0.496 e.